The molecular formula is C14H18N2O2. The van der Waals surface area contributed by atoms with E-state index in [2.05, 4.69) is 17.1 Å². The van der Waals surface area contributed by atoms with Gasteiger partial charge in [-0.2, -0.15) is 0 Å². The Morgan fingerprint density at radius 1 is 1.56 bits per heavy atom. The van der Waals surface area contributed by atoms with E-state index in [0.717, 1.165) is 5.56 Å². The highest BCUT2D eigenvalue weighted by Gasteiger charge is 2.17. The summed E-state index contributed by atoms with van der Waals surface area (Å²) in [6.45, 7) is 7.77. The van der Waals surface area contributed by atoms with Crippen molar-refractivity contribution in [2.75, 3.05) is 6.54 Å². The van der Waals surface area contributed by atoms with Crippen LogP contribution in [0, 0.1) is 0 Å². The molecule has 4 heteroatoms. The maximum atomic E-state index is 12.0. The van der Waals surface area contributed by atoms with E-state index in [0.29, 0.717) is 12.1 Å². The molecule has 0 saturated heterocycles. The van der Waals surface area contributed by atoms with Gasteiger partial charge in [0.25, 0.3) is 0 Å². The zero-order valence-electron chi connectivity index (χ0n) is 10.7. The molecule has 0 spiro atoms. The first kappa shape index (κ1) is 14.1. The van der Waals surface area contributed by atoms with Crippen molar-refractivity contribution in [3.63, 3.8) is 0 Å². The molecule has 1 aromatic carbocycles. The zero-order valence-corrected chi connectivity index (χ0v) is 10.7. The van der Waals surface area contributed by atoms with Crippen LogP contribution < -0.4 is 5.32 Å². The summed E-state index contributed by atoms with van der Waals surface area (Å²) in [6, 6.07) is 7.32. The number of Topliss-reactive ketones (excluding diaryl/α,β-unsaturated/α-hetero) is 1. The second kappa shape index (κ2) is 6.71. The van der Waals surface area contributed by atoms with E-state index in [1.54, 1.807) is 18.2 Å². The molecule has 0 aliphatic carbocycles. The number of hydrogen-bond donors (Lipinski definition) is 2. The lowest BCUT2D eigenvalue weighted by atomic mass is 9.96. The molecule has 1 atom stereocenters. The van der Waals surface area contributed by atoms with Crippen molar-refractivity contribution >= 4 is 11.5 Å². The highest BCUT2D eigenvalue weighted by molar-refractivity contribution is 6.45. The van der Waals surface area contributed by atoms with E-state index in [1.165, 1.54) is 6.92 Å². The standard InChI is InChI=1S/C14H18N2O2/c1-4-9-15-10(2)12-7-5-6-8-13(12)14(17)11(3)16-18/h4-8,10,15,18H,1,9H2,2-3H3. The largest absolute Gasteiger partial charge is 0.411 e. The van der Waals surface area contributed by atoms with Crippen LogP contribution in [0.15, 0.2) is 42.1 Å². The second-order valence-corrected chi connectivity index (χ2v) is 4.02. The van der Waals surface area contributed by atoms with Crippen molar-refractivity contribution in [3.05, 3.63) is 48.0 Å². The fourth-order valence-corrected chi connectivity index (χ4v) is 1.69. The lowest BCUT2D eigenvalue weighted by molar-refractivity contribution is 0.106. The quantitative estimate of drug-likeness (QED) is 0.266. The Hall–Kier alpha value is -1.94. The monoisotopic (exact) mass is 246 g/mol. The number of carbonyl (C=O) groups excluding carboxylic acids is 1. The van der Waals surface area contributed by atoms with Gasteiger partial charge in [0.15, 0.2) is 0 Å². The Kier molecular flexibility index (Phi) is 5.27. The van der Waals surface area contributed by atoms with Crippen molar-refractivity contribution in [1.29, 1.82) is 0 Å². The molecule has 1 rings (SSSR count). The molecule has 1 unspecified atom stereocenters. The lowest BCUT2D eigenvalue weighted by Crippen LogP contribution is -2.22. The molecule has 0 heterocycles. The average Bonchev–Trinajstić information content (AvgIpc) is 2.43. The van der Waals surface area contributed by atoms with E-state index in [1.807, 2.05) is 19.1 Å². The number of ketones is 1. The van der Waals surface area contributed by atoms with Crippen LogP contribution in [0.5, 0.6) is 0 Å². The number of hydrogen-bond acceptors (Lipinski definition) is 4. The summed E-state index contributed by atoms with van der Waals surface area (Å²) >= 11 is 0. The van der Waals surface area contributed by atoms with Crippen LogP contribution in [0.3, 0.4) is 0 Å². The SMILES string of the molecule is C=CCNC(C)c1ccccc1C(=O)C(C)=NO. The van der Waals surface area contributed by atoms with E-state index in [-0.39, 0.29) is 17.5 Å². The van der Waals surface area contributed by atoms with Gasteiger partial charge in [0.05, 0.1) is 0 Å². The highest BCUT2D eigenvalue weighted by atomic mass is 16.4. The van der Waals surface area contributed by atoms with Crippen LogP contribution in [0.1, 0.15) is 35.8 Å². The molecule has 18 heavy (non-hydrogen) atoms. The van der Waals surface area contributed by atoms with Gasteiger partial charge in [-0.1, -0.05) is 35.5 Å². The maximum Gasteiger partial charge on any atom is 0.210 e. The number of carbonyl (C=O) groups is 1. The molecule has 0 fully saturated rings. The van der Waals surface area contributed by atoms with Gasteiger partial charge in [-0.15, -0.1) is 6.58 Å². The van der Waals surface area contributed by atoms with Gasteiger partial charge >= 0.3 is 0 Å². The highest BCUT2D eigenvalue weighted by Crippen LogP contribution is 2.18. The minimum atomic E-state index is -0.264. The number of oxime groups is 1. The van der Waals surface area contributed by atoms with E-state index in [9.17, 15) is 4.79 Å². The molecule has 0 aliphatic heterocycles. The summed E-state index contributed by atoms with van der Waals surface area (Å²) in [6.07, 6.45) is 1.77. The molecule has 1 aromatic rings. The van der Waals surface area contributed by atoms with Gasteiger partial charge in [0, 0.05) is 18.2 Å². The van der Waals surface area contributed by atoms with Crippen LogP contribution >= 0.6 is 0 Å². The predicted molar refractivity (Wildman–Crippen MR) is 72.3 cm³/mol. The Labute approximate surface area is 107 Å². The van der Waals surface area contributed by atoms with Crippen LogP contribution in [-0.2, 0) is 0 Å². The third kappa shape index (κ3) is 3.28. The van der Waals surface area contributed by atoms with E-state index in [4.69, 9.17) is 5.21 Å². The van der Waals surface area contributed by atoms with Crippen molar-refractivity contribution in [2.45, 2.75) is 19.9 Å². The van der Waals surface area contributed by atoms with Crippen molar-refractivity contribution in [3.8, 4) is 0 Å². The first-order valence-corrected chi connectivity index (χ1v) is 5.78. The third-order valence-electron chi connectivity index (χ3n) is 2.72. The predicted octanol–water partition coefficient (Wildman–Crippen LogP) is 2.56. The van der Waals surface area contributed by atoms with Crippen LogP contribution in [0.4, 0.5) is 0 Å². The maximum absolute atomic E-state index is 12.0. The first-order chi connectivity index (χ1) is 8.61. The summed E-state index contributed by atoms with van der Waals surface area (Å²) in [4.78, 5) is 12.0. The molecule has 0 aromatic heterocycles. The minimum absolute atomic E-state index is 0.0228. The van der Waals surface area contributed by atoms with Crippen LogP contribution in [0.2, 0.25) is 0 Å². The molecule has 0 bridgehead atoms. The number of benzene rings is 1. The average molecular weight is 246 g/mol. The Bertz CT molecular complexity index is 467. The third-order valence-corrected chi connectivity index (χ3v) is 2.72. The minimum Gasteiger partial charge on any atom is -0.411 e. The Balaban J connectivity index is 3.06. The lowest BCUT2D eigenvalue weighted by Gasteiger charge is -2.16. The number of nitrogens with one attached hydrogen (secondary N) is 1. The van der Waals surface area contributed by atoms with Gasteiger partial charge in [-0.3, -0.25) is 4.79 Å². The summed E-state index contributed by atoms with van der Waals surface area (Å²) in [7, 11) is 0. The number of rotatable bonds is 6. The van der Waals surface area contributed by atoms with Gasteiger partial charge < -0.3 is 10.5 Å². The van der Waals surface area contributed by atoms with Gasteiger partial charge in [-0.25, -0.2) is 0 Å². The summed E-state index contributed by atoms with van der Waals surface area (Å²) in [5.74, 6) is -0.264. The topological polar surface area (TPSA) is 61.7 Å². The van der Waals surface area contributed by atoms with Crippen molar-refractivity contribution in [2.24, 2.45) is 5.16 Å². The second-order valence-electron chi connectivity index (χ2n) is 4.02. The Morgan fingerprint density at radius 3 is 2.83 bits per heavy atom. The molecule has 0 amide bonds. The molecule has 4 nitrogen and oxygen atoms in total. The molecule has 2 N–H and O–H groups in total. The molecule has 0 radical (unpaired) electrons. The van der Waals surface area contributed by atoms with E-state index >= 15 is 0 Å². The summed E-state index contributed by atoms with van der Waals surface area (Å²) in [5, 5.41) is 14.9. The molecular weight excluding hydrogens is 228 g/mol. The number of nitrogens with zero attached hydrogens (tertiary/aromatic N) is 1. The van der Waals surface area contributed by atoms with Crippen LogP contribution in [-0.4, -0.2) is 23.2 Å². The fourth-order valence-electron chi connectivity index (χ4n) is 1.69. The smallest absolute Gasteiger partial charge is 0.210 e. The first-order valence-electron chi connectivity index (χ1n) is 5.78. The van der Waals surface area contributed by atoms with Gasteiger partial charge in [0.1, 0.15) is 5.71 Å². The normalized spacial score (nSPS) is 13.1. The summed E-state index contributed by atoms with van der Waals surface area (Å²) < 4.78 is 0. The van der Waals surface area contributed by atoms with Gasteiger partial charge in [-0.05, 0) is 19.4 Å². The van der Waals surface area contributed by atoms with Crippen molar-refractivity contribution < 1.29 is 10.0 Å². The van der Waals surface area contributed by atoms with Gasteiger partial charge in [0.2, 0.25) is 5.78 Å². The van der Waals surface area contributed by atoms with Crippen molar-refractivity contribution in [1.82, 2.24) is 5.32 Å². The fraction of sp³-hybridized carbons (Fsp3) is 0.286. The molecule has 96 valence electrons. The Morgan fingerprint density at radius 2 is 2.22 bits per heavy atom. The molecule has 0 saturated carbocycles. The van der Waals surface area contributed by atoms with Crippen LogP contribution in [0.25, 0.3) is 0 Å². The molecule has 0 aliphatic rings. The summed E-state index contributed by atoms with van der Waals surface area (Å²) in [5.41, 5.74) is 1.52. The zero-order chi connectivity index (χ0) is 13.5. The van der Waals surface area contributed by atoms with E-state index < -0.39 is 0 Å².